The van der Waals surface area contributed by atoms with Crippen molar-refractivity contribution in [2.45, 2.75) is 58.9 Å². The van der Waals surface area contributed by atoms with E-state index in [0.29, 0.717) is 18.4 Å². The van der Waals surface area contributed by atoms with E-state index in [0.717, 1.165) is 25.9 Å². The van der Waals surface area contributed by atoms with Gasteiger partial charge >= 0.3 is 12.0 Å². The predicted octanol–water partition coefficient (Wildman–Crippen LogP) is 2.80. The van der Waals surface area contributed by atoms with Crippen molar-refractivity contribution in [3.63, 3.8) is 0 Å². The fourth-order valence-corrected chi connectivity index (χ4v) is 3.85. The van der Waals surface area contributed by atoms with Gasteiger partial charge in [-0.15, -0.1) is 0 Å². The van der Waals surface area contributed by atoms with Crippen LogP contribution in [0.3, 0.4) is 0 Å². The summed E-state index contributed by atoms with van der Waals surface area (Å²) in [5, 5.41) is 9.17. The molecule has 0 radical (unpaired) electrons. The third kappa shape index (κ3) is 3.01. The average Bonchev–Trinajstić information content (AvgIpc) is 2.88. The highest BCUT2D eigenvalue weighted by Crippen LogP contribution is 2.38. The largest absolute Gasteiger partial charge is 0.481 e. The second-order valence-corrected chi connectivity index (χ2v) is 6.64. The molecule has 0 saturated carbocycles. The van der Waals surface area contributed by atoms with Crippen LogP contribution in [0.4, 0.5) is 4.79 Å². The van der Waals surface area contributed by atoms with Gasteiger partial charge in [0.05, 0.1) is 5.92 Å². The molecule has 5 heteroatoms. The first-order chi connectivity index (χ1) is 9.94. The van der Waals surface area contributed by atoms with Gasteiger partial charge in [0.1, 0.15) is 0 Å². The van der Waals surface area contributed by atoms with Gasteiger partial charge in [-0.3, -0.25) is 4.79 Å². The Morgan fingerprint density at radius 2 is 1.71 bits per heavy atom. The first kappa shape index (κ1) is 16.1. The number of likely N-dealkylation sites (tertiary alicyclic amines) is 2. The van der Waals surface area contributed by atoms with E-state index in [4.69, 9.17) is 0 Å². The van der Waals surface area contributed by atoms with Crippen molar-refractivity contribution in [1.29, 1.82) is 0 Å². The van der Waals surface area contributed by atoms with E-state index in [9.17, 15) is 14.7 Å². The Morgan fingerprint density at radius 1 is 1.14 bits per heavy atom. The maximum absolute atomic E-state index is 12.6. The Hall–Kier alpha value is -1.26. The van der Waals surface area contributed by atoms with E-state index in [-0.39, 0.29) is 12.1 Å². The maximum atomic E-state index is 12.6. The van der Waals surface area contributed by atoms with Crippen LogP contribution in [-0.4, -0.2) is 52.6 Å². The van der Waals surface area contributed by atoms with Gasteiger partial charge in [0.25, 0.3) is 0 Å². The molecule has 21 heavy (non-hydrogen) atoms. The monoisotopic (exact) mass is 296 g/mol. The molecular weight excluding hydrogens is 268 g/mol. The molecule has 2 aliphatic heterocycles. The van der Waals surface area contributed by atoms with Crippen LogP contribution in [0.25, 0.3) is 0 Å². The number of urea groups is 1. The fourth-order valence-electron chi connectivity index (χ4n) is 3.85. The minimum absolute atomic E-state index is 0.0343. The van der Waals surface area contributed by atoms with Crippen molar-refractivity contribution in [1.82, 2.24) is 9.80 Å². The average molecular weight is 296 g/mol. The zero-order chi connectivity index (χ0) is 15.6. The van der Waals surface area contributed by atoms with Crippen LogP contribution in [0.1, 0.15) is 52.9 Å². The molecule has 0 aliphatic carbocycles. The highest BCUT2D eigenvalue weighted by atomic mass is 16.4. The summed E-state index contributed by atoms with van der Waals surface area (Å²) in [6.07, 6.45) is 5.05. The van der Waals surface area contributed by atoms with Crippen LogP contribution >= 0.6 is 0 Å². The topological polar surface area (TPSA) is 60.9 Å². The molecule has 0 aromatic rings. The number of rotatable bonds is 3. The quantitative estimate of drug-likeness (QED) is 0.871. The van der Waals surface area contributed by atoms with Crippen LogP contribution in [-0.2, 0) is 4.79 Å². The van der Waals surface area contributed by atoms with Crippen molar-refractivity contribution >= 4 is 12.0 Å². The number of hydrogen-bond donors (Lipinski definition) is 1. The molecule has 120 valence electrons. The highest BCUT2D eigenvalue weighted by Gasteiger charge is 2.41. The summed E-state index contributed by atoms with van der Waals surface area (Å²) in [5.74, 6) is -1.20. The summed E-state index contributed by atoms with van der Waals surface area (Å²) in [7, 11) is 0. The normalized spacial score (nSPS) is 28.7. The first-order valence-electron chi connectivity index (χ1n) is 8.22. The number of carbonyl (C=O) groups excluding carboxylic acids is 1. The summed E-state index contributed by atoms with van der Waals surface area (Å²) in [6, 6.07) is -0.161. The third-order valence-electron chi connectivity index (χ3n) is 5.91. The van der Waals surface area contributed by atoms with Crippen molar-refractivity contribution in [3.8, 4) is 0 Å². The Labute approximate surface area is 127 Å². The fraction of sp³-hybridized carbons (Fsp3) is 0.875. The smallest absolute Gasteiger partial charge is 0.320 e. The molecule has 2 aliphatic rings. The minimum Gasteiger partial charge on any atom is -0.481 e. The number of carbonyl (C=O) groups is 2. The van der Waals surface area contributed by atoms with E-state index in [1.54, 1.807) is 4.90 Å². The van der Waals surface area contributed by atoms with Gasteiger partial charge < -0.3 is 14.9 Å². The summed E-state index contributed by atoms with van der Waals surface area (Å²) in [5.41, 5.74) is 0.400. The molecule has 0 aromatic heterocycles. The third-order valence-corrected chi connectivity index (χ3v) is 5.91. The lowest BCUT2D eigenvalue weighted by molar-refractivity contribution is -0.142. The molecule has 2 rings (SSSR count). The Kier molecular flexibility index (Phi) is 4.79. The summed E-state index contributed by atoms with van der Waals surface area (Å²) in [6.45, 7) is 8.51. The van der Waals surface area contributed by atoms with Crippen LogP contribution in [0, 0.1) is 11.3 Å². The lowest BCUT2D eigenvalue weighted by Crippen LogP contribution is -2.50. The molecule has 2 heterocycles. The Balaban J connectivity index is 1.95. The molecule has 2 saturated heterocycles. The van der Waals surface area contributed by atoms with Crippen LogP contribution < -0.4 is 0 Å². The maximum Gasteiger partial charge on any atom is 0.320 e. The van der Waals surface area contributed by atoms with Gasteiger partial charge in [-0.1, -0.05) is 26.7 Å². The molecule has 2 atom stereocenters. The van der Waals surface area contributed by atoms with Gasteiger partial charge in [0.2, 0.25) is 0 Å². The molecule has 0 bridgehead atoms. The molecular formula is C16H28N2O3. The number of hydrogen-bond acceptors (Lipinski definition) is 2. The number of carboxylic acids is 1. The van der Waals surface area contributed by atoms with Crippen LogP contribution in [0.2, 0.25) is 0 Å². The first-order valence-corrected chi connectivity index (χ1v) is 8.22. The number of amides is 2. The zero-order valence-corrected chi connectivity index (χ0v) is 13.5. The Bertz CT molecular complexity index is 396. The van der Waals surface area contributed by atoms with Crippen molar-refractivity contribution in [2.75, 3.05) is 19.6 Å². The van der Waals surface area contributed by atoms with Gasteiger partial charge in [-0.05, 0) is 31.6 Å². The van der Waals surface area contributed by atoms with Gasteiger partial charge in [-0.2, -0.15) is 0 Å². The standard InChI is InChI=1S/C16H28N2O3/c1-4-16(5-2)7-10-17(11-8-16)15(21)18-9-6-13(12(18)3)14(19)20/h12-13H,4-11H2,1-3H3,(H,19,20). The second kappa shape index (κ2) is 6.24. The number of carboxylic acid groups (broad SMARTS) is 1. The second-order valence-electron chi connectivity index (χ2n) is 6.64. The molecule has 0 spiro atoms. The van der Waals surface area contributed by atoms with Crippen LogP contribution in [0.15, 0.2) is 0 Å². The van der Waals surface area contributed by atoms with E-state index < -0.39 is 11.9 Å². The number of aliphatic carboxylic acids is 1. The number of nitrogens with zero attached hydrogens (tertiary/aromatic N) is 2. The van der Waals surface area contributed by atoms with Gasteiger partial charge in [0, 0.05) is 25.7 Å². The predicted molar refractivity (Wildman–Crippen MR) is 81.1 cm³/mol. The summed E-state index contributed by atoms with van der Waals surface area (Å²) in [4.78, 5) is 27.5. The molecule has 2 fully saturated rings. The molecule has 0 aromatic carbocycles. The molecule has 2 amide bonds. The van der Waals surface area contributed by atoms with Gasteiger partial charge in [-0.25, -0.2) is 4.79 Å². The SMILES string of the molecule is CCC1(CC)CCN(C(=O)N2CCC(C(=O)O)C2C)CC1. The lowest BCUT2D eigenvalue weighted by Gasteiger charge is -2.42. The zero-order valence-electron chi connectivity index (χ0n) is 13.5. The molecule has 1 N–H and O–H groups in total. The van der Waals surface area contributed by atoms with Crippen molar-refractivity contribution in [3.05, 3.63) is 0 Å². The van der Waals surface area contributed by atoms with E-state index >= 15 is 0 Å². The van der Waals surface area contributed by atoms with Crippen LogP contribution in [0.5, 0.6) is 0 Å². The van der Waals surface area contributed by atoms with E-state index in [1.807, 2.05) is 11.8 Å². The lowest BCUT2D eigenvalue weighted by atomic mass is 9.74. The highest BCUT2D eigenvalue weighted by molar-refractivity contribution is 5.78. The van der Waals surface area contributed by atoms with Crippen molar-refractivity contribution < 1.29 is 14.7 Å². The van der Waals surface area contributed by atoms with E-state index in [1.165, 1.54) is 12.8 Å². The van der Waals surface area contributed by atoms with E-state index in [2.05, 4.69) is 13.8 Å². The molecule has 2 unspecified atom stereocenters. The van der Waals surface area contributed by atoms with Crippen molar-refractivity contribution in [2.24, 2.45) is 11.3 Å². The summed E-state index contributed by atoms with van der Waals surface area (Å²) < 4.78 is 0. The Morgan fingerprint density at radius 3 is 2.14 bits per heavy atom. The summed E-state index contributed by atoms with van der Waals surface area (Å²) >= 11 is 0. The number of piperidine rings is 1. The molecule has 5 nitrogen and oxygen atoms in total. The van der Waals surface area contributed by atoms with Gasteiger partial charge in [0.15, 0.2) is 0 Å². The minimum atomic E-state index is -0.785.